The van der Waals surface area contributed by atoms with Crippen molar-refractivity contribution in [1.29, 1.82) is 0 Å². The molecule has 1 fully saturated rings. The van der Waals surface area contributed by atoms with E-state index in [0.717, 1.165) is 30.4 Å². The Morgan fingerprint density at radius 1 is 1.19 bits per heavy atom. The molecular weight excluding hydrogens is 276 g/mol. The van der Waals surface area contributed by atoms with Crippen LogP contribution in [0.15, 0.2) is 18.2 Å². The second-order valence-corrected chi connectivity index (χ2v) is 13.2. The fourth-order valence-electron chi connectivity index (χ4n) is 3.87. The summed E-state index contributed by atoms with van der Waals surface area (Å²) >= 11 is 0. The van der Waals surface area contributed by atoms with Crippen LogP contribution in [0.25, 0.3) is 0 Å². The standard InChI is InChI=1S/C18H30O2Si/c1-17(2,3)13-21(4,5)16-8-7-14(12-19)11-15(16)18(20)9-6-10-18/h7-8,11,19-20H,6,9-10,12-13H2,1-5H3. The van der Waals surface area contributed by atoms with Gasteiger partial charge in [-0.1, -0.05) is 57.3 Å². The summed E-state index contributed by atoms with van der Waals surface area (Å²) in [5.41, 5.74) is 1.66. The quantitative estimate of drug-likeness (QED) is 0.836. The zero-order chi connectivity index (χ0) is 15.9. The minimum absolute atomic E-state index is 0.0462. The van der Waals surface area contributed by atoms with Crippen molar-refractivity contribution >= 4 is 13.3 Å². The third kappa shape index (κ3) is 3.58. The normalized spacial score (nSPS) is 18.4. The van der Waals surface area contributed by atoms with Crippen molar-refractivity contribution in [1.82, 2.24) is 0 Å². The molecule has 0 aliphatic heterocycles. The molecule has 1 saturated carbocycles. The Morgan fingerprint density at radius 2 is 1.81 bits per heavy atom. The number of hydrogen-bond acceptors (Lipinski definition) is 2. The highest BCUT2D eigenvalue weighted by Crippen LogP contribution is 2.42. The largest absolute Gasteiger partial charge is 0.392 e. The highest BCUT2D eigenvalue weighted by atomic mass is 28.3. The van der Waals surface area contributed by atoms with E-state index in [1.807, 2.05) is 12.1 Å². The molecule has 0 aromatic heterocycles. The summed E-state index contributed by atoms with van der Waals surface area (Å²) < 4.78 is 0. The molecule has 1 aliphatic carbocycles. The van der Waals surface area contributed by atoms with E-state index in [1.54, 1.807) is 0 Å². The summed E-state index contributed by atoms with van der Waals surface area (Å²) in [6, 6.07) is 7.45. The predicted octanol–water partition coefficient (Wildman–Crippen LogP) is 3.51. The van der Waals surface area contributed by atoms with Gasteiger partial charge < -0.3 is 10.2 Å². The van der Waals surface area contributed by atoms with Crippen LogP contribution < -0.4 is 5.19 Å². The van der Waals surface area contributed by atoms with Crippen LogP contribution in [0.2, 0.25) is 19.1 Å². The maximum atomic E-state index is 10.9. The molecule has 2 N–H and O–H groups in total. The lowest BCUT2D eigenvalue weighted by molar-refractivity contribution is -0.0380. The average Bonchev–Trinajstić information content (AvgIpc) is 2.32. The molecule has 0 radical (unpaired) electrons. The van der Waals surface area contributed by atoms with E-state index >= 15 is 0 Å². The molecule has 1 aromatic rings. The van der Waals surface area contributed by atoms with Gasteiger partial charge in [0.2, 0.25) is 0 Å². The molecule has 0 unspecified atom stereocenters. The maximum Gasteiger partial charge on any atom is 0.0895 e. The van der Waals surface area contributed by atoms with Gasteiger partial charge >= 0.3 is 0 Å². The summed E-state index contributed by atoms with van der Waals surface area (Å²) in [5.74, 6) is 0. The first-order valence-corrected chi connectivity index (χ1v) is 11.3. The highest BCUT2D eigenvalue weighted by Gasteiger charge is 2.41. The summed E-state index contributed by atoms with van der Waals surface area (Å²) in [4.78, 5) is 0. The lowest BCUT2D eigenvalue weighted by atomic mass is 9.75. The monoisotopic (exact) mass is 306 g/mol. The van der Waals surface area contributed by atoms with Crippen LogP contribution in [0.1, 0.15) is 51.2 Å². The topological polar surface area (TPSA) is 40.5 Å². The Balaban J connectivity index is 2.47. The van der Waals surface area contributed by atoms with E-state index in [0.29, 0.717) is 5.41 Å². The number of rotatable bonds is 4. The molecule has 0 saturated heterocycles. The first-order valence-electron chi connectivity index (χ1n) is 8.05. The third-order valence-corrected chi connectivity index (χ3v) is 8.49. The highest BCUT2D eigenvalue weighted by molar-refractivity contribution is 6.90. The Labute approximate surface area is 130 Å². The molecule has 1 aromatic carbocycles. The predicted molar refractivity (Wildman–Crippen MR) is 91.5 cm³/mol. The SMILES string of the molecule is CC(C)(C)C[Si](C)(C)c1ccc(CO)cc1C1(O)CCC1. The molecule has 0 atom stereocenters. The van der Waals surface area contributed by atoms with Crippen molar-refractivity contribution in [3.63, 3.8) is 0 Å². The number of aliphatic hydroxyl groups excluding tert-OH is 1. The van der Waals surface area contributed by atoms with E-state index in [9.17, 15) is 10.2 Å². The summed E-state index contributed by atoms with van der Waals surface area (Å²) in [6.07, 6.45) is 2.81. The van der Waals surface area contributed by atoms with Crippen molar-refractivity contribution < 1.29 is 10.2 Å². The van der Waals surface area contributed by atoms with E-state index in [4.69, 9.17) is 0 Å². The molecule has 2 nitrogen and oxygen atoms in total. The van der Waals surface area contributed by atoms with Crippen molar-refractivity contribution in [2.24, 2.45) is 5.41 Å². The first-order chi connectivity index (χ1) is 9.57. The van der Waals surface area contributed by atoms with E-state index in [-0.39, 0.29) is 6.61 Å². The summed E-state index contributed by atoms with van der Waals surface area (Å²) in [7, 11) is -1.63. The van der Waals surface area contributed by atoms with E-state index in [2.05, 4.69) is 39.9 Å². The van der Waals surface area contributed by atoms with Gasteiger partial charge in [-0.15, -0.1) is 0 Å². The van der Waals surface area contributed by atoms with Gasteiger partial charge in [0.1, 0.15) is 0 Å². The van der Waals surface area contributed by atoms with Crippen molar-refractivity contribution in [2.75, 3.05) is 0 Å². The third-order valence-electron chi connectivity index (χ3n) is 4.65. The van der Waals surface area contributed by atoms with E-state index < -0.39 is 13.7 Å². The molecule has 118 valence electrons. The molecule has 2 rings (SSSR count). The van der Waals surface area contributed by atoms with Gasteiger partial charge in [0.25, 0.3) is 0 Å². The van der Waals surface area contributed by atoms with Crippen LogP contribution >= 0.6 is 0 Å². The Morgan fingerprint density at radius 3 is 2.24 bits per heavy atom. The minimum atomic E-state index is -1.63. The molecule has 0 amide bonds. The molecule has 0 bridgehead atoms. The Kier molecular flexibility index (Phi) is 4.40. The van der Waals surface area contributed by atoms with Crippen LogP contribution in [0.3, 0.4) is 0 Å². The molecule has 21 heavy (non-hydrogen) atoms. The molecule has 3 heteroatoms. The van der Waals surface area contributed by atoms with Crippen molar-refractivity contribution in [2.45, 2.75) is 71.4 Å². The zero-order valence-electron chi connectivity index (χ0n) is 14.2. The van der Waals surface area contributed by atoms with Crippen LogP contribution in [0.4, 0.5) is 0 Å². The summed E-state index contributed by atoms with van der Waals surface area (Å²) in [5, 5.41) is 21.7. The fourth-order valence-corrected chi connectivity index (χ4v) is 8.28. The number of hydrogen-bond donors (Lipinski definition) is 2. The van der Waals surface area contributed by atoms with Gasteiger partial charge in [-0.3, -0.25) is 0 Å². The Bertz CT molecular complexity index is 510. The lowest BCUT2D eigenvalue weighted by Gasteiger charge is -2.42. The van der Waals surface area contributed by atoms with Crippen LogP contribution in [0.5, 0.6) is 0 Å². The van der Waals surface area contributed by atoms with E-state index in [1.165, 1.54) is 11.2 Å². The van der Waals surface area contributed by atoms with Gasteiger partial charge in [0, 0.05) is 0 Å². The second-order valence-electron chi connectivity index (χ2n) is 8.54. The Hall–Kier alpha value is -0.643. The zero-order valence-corrected chi connectivity index (χ0v) is 15.2. The fraction of sp³-hybridized carbons (Fsp3) is 0.667. The van der Waals surface area contributed by atoms with Gasteiger partial charge in [-0.05, 0) is 41.8 Å². The molecule has 1 aliphatic rings. The molecular formula is C18H30O2Si. The smallest absolute Gasteiger partial charge is 0.0895 e. The van der Waals surface area contributed by atoms with Gasteiger partial charge in [-0.2, -0.15) is 0 Å². The molecule has 0 spiro atoms. The second kappa shape index (κ2) is 5.53. The average molecular weight is 307 g/mol. The summed E-state index contributed by atoms with van der Waals surface area (Å²) in [6.45, 7) is 11.7. The maximum absolute atomic E-state index is 10.9. The number of benzene rings is 1. The molecule has 0 heterocycles. The first kappa shape index (κ1) is 16.7. The van der Waals surface area contributed by atoms with Gasteiger partial charge in [-0.25, -0.2) is 0 Å². The van der Waals surface area contributed by atoms with Crippen LogP contribution in [0, 0.1) is 5.41 Å². The van der Waals surface area contributed by atoms with Crippen LogP contribution in [-0.2, 0) is 12.2 Å². The van der Waals surface area contributed by atoms with Crippen molar-refractivity contribution in [3.8, 4) is 0 Å². The lowest BCUT2D eigenvalue weighted by Crippen LogP contribution is -2.50. The minimum Gasteiger partial charge on any atom is -0.392 e. The number of aliphatic hydroxyl groups is 2. The van der Waals surface area contributed by atoms with Gasteiger partial charge in [0.05, 0.1) is 20.3 Å². The van der Waals surface area contributed by atoms with Crippen molar-refractivity contribution in [3.05, 3.63) is 29.3 Å². The van der Waals surface area contributed by atoms with Crippen LogP contribution in [-0.4, -0.2) is 18.3 Å². The van der Waals surface area contributed by atoms with Gasteiger partial charge in [0.15, 0.2) is 0 Å².